The predicted octanol–water partition coefficient (Wildman–Crippen LogP) is 2.54. The number of benzene rings is 1. The van der Waals surface area contributed by atoms with Crippen molar-refractivity contribution in [2.45, 2.75) is 23.2 Å². The Bertz CT molecular complexity index is 791. The summed E-state index contributed by atoms with van der Waals surface area (Å²) in [5.74, 6) is -0.489. The van der Waals surface area contributed by atoms with Gasteiger partial charge in [0.2, 0.25) is 10.0 Å². The van der Waals surface area contributed by atoms with Crippen LogP contribution in [0.2, 0.25) is 0 Å². The Morgan fingerprint density at radius 3 is 2.48 bits per heavy atom. The molecule has 0 saturated heterocycles. The lowest BCUT2D eigenvalue weighted by atomic mass is 10.1. The van der Waals surface area contributed by atoms with Gasteiger partial charge in [-0.1, -0.05) is 6.07 Å². The molecule has 122 valence electrons. The Kier molecular flexibility index (Phi) is 4.27. The third-order valence-electron chi connectivity index (χ3n) is 4.08. The zero-order valence-corrected chi connectivity index (χ0v) is 14.2. The lowest BCUT2D eigenvalue weighted by Crippen LogP contribution is -2.31. The number of esters is 1. The Hall–Kier alpha value is -1.70. The van der Waals surface area contributed by atoms with Gasteiger partial charge < -0.3 is 4.74 Å². The molecule has 1 aromatic heterocycles. The molecule has 1 saturated carbocycles. The minimum absolute atomic E-state index is 0.0484. The number of nitrogens with one attached hydrogen (secondary N) is 1. The van der Waals surface area contributed by atoms with Crippen molar-refractivity contribution in [1.82, 2.24) is 4.72 Å². The Morgan fingerprint density at radius 1 is 1.26 bits per heavy atom. The van der Waals surface area contributed by atoms with Crippen LogP contribution in [0.5, 0.6) is 0 Å². The maximum Gasteiger partial charge on any atom is 0.337 e. The second-order valence-corrected chi connectivity index (χ2v) is 8.31. The largest absolute Gasteiger partial charge is 0.465 e. The molecular weight excluding hydrogens is 334 g/mol. The first-order valence-electron chi connectivity index (χ1n) is 7.19. The van der Waals surface area contributed by atoms with E-state index in [1.807, 2.05) is 11.4 Å². The van der Waals surface area contributed by atoms with Crippen molar-refractivity contribution in [3.8, 4) is 0 Å². The van der Waals surface area contributed by atoms with E-state index in [1.54, 1.807) is 11.3 Å². The molecule has 0 spiro atoms. The van der Waals surface area contributed by atoms with Gasteiger partial charge in [-0.05, 0) is 48.6 Å². The van der Waals surface area contributed by atoms with Gasteiger partial charge in [0.25, 0.3) is 0 Å². The number of methoxy groups -OCH3 is 1. The number of hydrogen-bond donors (Lipinski definition) is 1. The average Bonchev–Trinajstić information content (AvgIpc) is 3.16. The van der Waals surface area contributed by atoms with Crippen LogP contribution in [-0.4, -0.2) is 28.0 Å². The Morgan fingerprint density at radius 2 is 1.96 bits per heavy atom. The maximum atomic E-state index is 12.4. The van der Waals surface area contributed by atoms with Crippen molar-refractivity contribution in [3.63, 3.8) is 0 Å². The fraction of sp³-hybridized carbons (Fsp3) is 0.312. The SMILES string of the molecule is COC(=O)c1ccc(S(=O)(=O)NCC2(c3cccs3)CC2)cc1. The van der Waals surface area contributed by atoms with Crippen LogP contribution < -0.4 is 4.72 Å². The molecule has 1 aliphatic rings. The molecule has 1 aliphatic carbocycles. The van der Waals surface area contributed by atoms with E-state index < -0.39 is 16.0 Å². The van der Waals surface area contributed by atoms with Crippen LogP contribution in [0.15, 0.2) is 46.7 Å². The van der Waals surface area contributed by atoms with Crippen LogP contribution in [0.25, 0.3) is 0 Å². The first-order chi connectivity index (χ1) is 11.0. The number of ether oxygens (including phenoxy) is 1. The molecule has 1 fully saturated rings. The van der Waals surface area contributed by atoms with Gasteiger partial charge >= 0.3 is 5.97 Å². The standard InChI is InChI=1S/C16H17NO4S2/c1-21-15(18)12-4-6-13(7-5-12)23(19,20)17-11-16(8-9-16)14-3-2-10-22-14/h2-7,10,17H,8-9,11H2,1H3. The average molecular weight is 351 g/mol. The lowest BCUT2D eigenvalue weighted by molar-refractivity contribution is 0.0600. The van der Waals surface area contributed by atoms with Gasteiger partial charge in [0.1, 0.15) is 0 Å². The van der Waals surface area contributed by atoms with Crippen LogP contribution in [0.3, 0.4) is 0 Å². The van der Waals surface area contributed by atoms with Crippen molar-refractivity contribution in [1.29, 1.82) is 0 Å². The minimum atomic E-state index is -3.59. The molecule has 5 nitrogen and oxygen atoms in total. The number of thiophene rings is 1. The van der Waals surface area contributed by atoms with Crippen LogP contribution in [0.4, 0.5) is 0 Å². The van der Waals surface area contributed by atoms with E-state index in [1.165, 1.54) is 36.3 Å². The smallest absolute Gasteiger partial charge is 0.337 e. The van der Waals surface area contributed by atoms with Crippen LogP contribution in [-0.2, 0) is 20.2 Å². The van der Waals surface area contributed by atoms with Gasteiger partial charge in [-0.3, -0.25) is 0 Å². The number of rotatable bonds is 6. The highest BCUT2D eigenvalue weighted by atomic mass is 32.2. The van der Waals surface area contributed by atoms with Gasteiger partial charge in [-0.25, -0.2) is 17.9 Å². The van der Waals surface area contributed by atoms with Crippen molar-refractivity contribution in [2.24, 2.45) is 0 Å². The molecule has 0 aliphatic heterocycles. The quantitative estimate of drug-likeness (QED) is 0.812. The number of carbonyl (C=O) groups excluding carboxylic acids is 1. The molecule has 1 heterocycles. The summed E-state index contributed by atoms with van der Waals surface area (Å²) in [6.45, 7) is 0.397. The molecule has 0 atom stereocenters. The molecule has 7 heteroatoms. The van der Waals surface area contributed by atoms with Gasteiger partial charge in [0.05, 0.1) is 17.6 Å². The van der Waals surface area contributed by atoms with E-state index >= 15 is 0 Å². The second kappa shape index (κ2) is 6.07. The van der Waals surface area contributed by atoms with Crippen LogP contribution in [0, 0.1) is 0 Å². The zero-order chi connectivity index (χ0) is 16.5. The van der Waals surface area contributed by atoms with E-state index in [-0.39, 0.29) is 10.3 Å². The Balaban J connectivity index is 1.71. The van der Waals surface area contributed by atoms with Gasteiger partial charge in [0.15, 0.2) is 0 Å². The van der Waals surface area contributed by atoms with Crippen molar-refractivity contribution >= 4 is 27.3 Å². The summed E-state index contributed by atoms with van der Waals surface area (Å²) in [5, 5.41) is 2.01. The van der Waals surface area contributed by atoms with Crippen molar-refractivity contribution in [3.05, 3.63) is 52.2 Å². The minimum Gasteiger partial charge on any atom is -0.465 e. The molecule has 1 N–H and O–H groups in total. The molecule has 0 amide bonds. The zero-order valence-electron chi connectivity index (χ0n) is 12.6. The third kappa shape index (κ3) is 3.31. The predicted molar refractivity (Wildman–Crippen MR) is 88.2 cm³/mol. The van der Waals surface area contributed by atoms with E-state index in [2.05, 4.69) is 15.5 Å². The van der Waals surface area contributed by atoms with Crippen molar-refractivity contribution in [2.75, 3.05) is 13.7 Å². The summed E-state index contributed by atoms with van der Waals surface area (Å²) < 4.78 is 32.1. The highest BCUT2D eigenvalue weighted by Crippen LogP contribution is 2.49. The van der Waals surface area contributed by atoms with E-state index in [4.69, 9.17) is 0 Å². The fourth-order valence-electron chi connectivity index (χ4n) is 2.45. The highest BCUT2D eigenvalue weighted by Gasteiger charge is 2.45. The molecule has 23 heavy (non-hydrogen) atoms. The summed E-state index contributed by atoms with van der Waals surface area (Å²) in [7, 11) is -2.31. The third-order valence-corrected chi connectivity index (χ3v) is 6.62. The molecule has 0 unspecified atom stereocenters. The lowest BCUT2D eigenvalue weighted by Gasteiger charge is -2.14. The number of hydrogen-bond acceptors (Lipinski definition) is 5. The van der Waals surface area contributed by atoms with Crippen LogP contribution in [0.1, 0.15) is 28.1 Å². The number of carbonyl (C=O) groups is 1. The monoisotopic (exact) mass is 351 g/mol. The summed E-state index contributed by atoms with van der Waals surface area (Å²) >= 11 is 1.66. The van der Waals surface area contributed by atoms with E-state index in [9.17, 15) is 13.2 Å². The fourth-order valence-corrected chi connectivity index (χ4v) is 4.56. The summed E-state index contributed by atoms with van der Waals surface area (Å²) in [6.07, 6.45) is 1.99. The maximum absolute atomic E-state index is 12.4. The molecule has 1 aromatic carbocycles. The number of sulfonamides is 1. The highest BCUT2D eigenvalue weighted by molar-refractivity contribution is 7.89. The van der Waals surface area contributed by atoms with Crippen molar-refractivity contribution < 1.29 is 17.9 Å². The second-order valence-electron chi connectivity index (χ2n) is 5.60. The van der Waals surface area contributed by atoms with Gasteiger partial charge in [-0.2, -0.15) is 0 Å². The van der Waals surface area contributed by atoms with Crippen LogP contribution >= 0.6 is 11.3 Å². The summed E-state index contributed by atoms with van der Waals surface area (Å²) in [5.41, 5.74) is 0.274. The van der Waals surface area contributed by atoms with E-state index in [0.29, 0.717) is 12.1 Å². The van der Waals surface area contributed by atoms with E-state index in [0.717, 1.165) is 12.8 Å². The Labute approximate surface area is 139 Å². The summed E-state index contributed by atoms with van der Waals surface area (Å²) in [4.78, 5) is 12.8. The molecule has 3 rings (SSSR count). The topological polar surface area (TPSA) is 72.5 Å². The van der Waals surface area contributed by atoms with Gasteiger partial charge in [0, 0.05) is 16.8 Å². The summed E-state index contributed by atoms with van der Waals surface area (Å²) in [6, 6.07) is 9.77. The first kappa shape index (κ1) is 16.2. The molecule has 0 radical (unpaired) electrons. The molecule has 0 bridgehead atoms. The first-order valence-corrected chi connectivity index (χ1v) is 9.55. The normalized spacial score (nSPS) is 16.0. The van der Waals surface area contributed by atoms with Gasteiger partial charge in [-0.15, -0.1) is 11.3 Å². The molecular formula is C16H17NO4S2. The molecule has 2 aromatic rings.